The fraction of sp³-hybridized carbons (Fsp3) is 0.250. The summed E-state index contributed by atoms with van der Waals surface area (Å²) in [7, 11) is 0. The van der Waals surface area contributed by atoms with Crippen LogP contribution in [0.3, 0.4) is 0 Å². The van der Waals surface area contributed by atoms with Crippen LogP contribution in [0.2, 0.25) is 0 Å². The SMILES string of the molecule is Cc1ccc(O)c(Cn2c(N)nc3ccc(C[n+]4ccc5c(c4)nc(O)n5C4CC4)cc32)n1. The molecule has 0 radical (unpaired) electrons. The fourth-order valence-electron chi connectivity index (χ4n) is 4.40. The van der Waals surface area contributed by atoms with Crippen LogP contribution in [0.4, 0.5) is 5.95 Å². The summed E-state index contributed by atoms with van der Waals surface area (Å²) >= 11 is 0. The monoisotopic (exact) mass is 442 g/mol. The van der Waals surface area contributed by atoms with Crippen LogP contribution in [0.15, 0.2) is 48.8 Å². The topological polar surface area (TPSA) is 119 Å². The maximum atomic E-state index is 10.2. The van der Waals surface area contributed by atoms with Gasteiger partial charge in [0.2, 0.25) is 5.95 Å². The van der Waals surface area contributed by atoms with E-state index in [1.807, 2.05) is 51.2 Å². The number of nitrogens with zero attached hydrogens (tertiary/aromatic N) is 6. The summed E-state index contributed by atoms with van der Waals surface area (Å²) in [6.45, 7) is 2.84. The minimum Gasteiger partial charge on any atom is -0.506 e. The van der Waals surface area contributed by atoms with E-state index < -0.39 is 0 Å². The van der Waals surface area contributed by atoms with Gasteiger partial charge in [-0.25, -0.2) is 4.98 Å². The van der Waals surface area contributed by atoms with Gasteiger partial charge in [0, 0.05) is 23.4 Å². The van der Waals surface area contributed by atoms with E-state index in [9.17, 15) is 10.2 Å². The zero-order valence-corrected chi connectivity index (χ0v) is 18.2. The third-order valence-electron chi connectivity index (χ3n) is 6.19. The lowest BCUT2D eigenvalue weighted by atomic mass is 10.2. The van der Waals surface area contributed by atoms with Gasteiger partial charge >= 0.3 is 0 Å². The zero-order valence-electron chi connectivity index (χ0n) is 18.2. The molecule has 6 rings (SSSR count). The molecule has 1 saturated carbocycles. The van der Waals surface area contributed by atoms with Crippen molar-refractivity contribution in [1.82, 2.24) is 24.1 Å². The molecule has 0 saturated heterocycles. The van der Waals surface area contributed by atoms with Crippen LogP contribution < -0.4 is 10.3 Å². The van der Waals surface area contributed by atoms with Gasteiger partial charge in [-0.2, -0.15) is 9.55 Å². The van der Waals surface area contributed by atoms with Crippen molar-refractivity contribution >= 4 is 28.0 Å². The van der Waals surface area contributed by atoms with Gasteiger partial charge in [0.1, 0.15) is 11.4 Å². The number of hydrogen-bond donors (Lipinski definition) is 3. The molecule has 4 N–H and O–H groups in total. The van der Waals surface area contributed by atoms with Crippen LogP contribution in [0.1, 0.15) is 35.8 Å². The first kappa shape index (κ1) is 19.5. The van der Waals surface area contributed by atoms with Crippen LogP contribution in [-0.2, 0) is 13.1 Å². The highest BCUT2D eigenvalue weighted by molar-refractivity contribution is 5.79. The number of aromatic nitrogens is 6. The average molecular weight is 443 g/mol. The molecule has 1 fully saturated rings. The number of pyridine rings is 2. The minimum absolute atomic E-state index is 0.0825. The van der Waals surface area contributed by atoms with Crippen molar-refractivity contribution < 1.29 is 14.8 Å². The lowest BCUT2D eigenvalue weighted by Gasteiger charge is -2.09. The predicted octanol–water partition coefficient (Wildman–Crippen LogP) is 2.80. The number of nitrogens with two attached hydrogens (primary N) is 1. The lowest BCUT2D eigenvalue weighted by Crippen LogP contribution is -2.33. The normalized spacial score (nSPS) is 13.8. The Bertz CT molecular complexity index is 1530. The first-order valence-electron chi connectivity index (χ1n) is 11.0. The van der Waals surface area contributed by atoms with E-state index >= 15 is 0 Å². The van der Waals surface area contributed by atoms with E-state index in [1.54, 1.807) is 12.1 Å². The smallest absolute Gasteiger partial charge is 0.295 e. The predicted molar refractivity (Wildman–Crippen MR) is 123 cm³/mol. The van der Waals surface area contributed by atoms with Crippen molar-refractivity contribution in [3.8, 4) is 11.8 Å². The number of aromatic hydroxyl groups is 2. The Morgan fingerprint density at radius 2 is 1.88 bits per heavy atom. The van der Waals surface area contributed by atoms with E-state index in [2.05, 4.69) is 21.0 Å². The molecule has 33 heavy (non-hydrogen) atoms. The first-order chi connectivity index (χ1) is 16.0. The highest BCUT2D eigenvalue weighted by atomic mass is 16.3. The van der Waals surface area contributed by atoms with Crippen LogP contribution in [0, 0.1) is 6.92 Å². The molecule has 5 aromatic rings. The molecule has 0 unspecified atom stereocenters. The van der Waals surface area contributed by atoms with E-state index in [1.165, 1.54) is 0 Å². The number of aryl methyl sites for hydroxylation is 1. The van der Waals surface area contributed by atoms with Gasteiger partial charge in [0.05, 0.1) is 23.1 Å². The van der Waals surface area contributed by atoms with Gasteiger partial charge in [-0.05, 0) is 44.0 Å². The van der Waals surface area contributed by atoms with Gasteiger partial charge in [0.15, 0.2) is 24.5 Å². The van der Waals surface area contributed by atoms with Crippen molar-refractivity contribution in [3.63, 3.8) is 0 Å². The molecule has 166 valence electrons. The number of anilines is 1. The van der Waals surface area contributed by atoms with Gasteiger partial charge in [-0.1, -0.05) is 6.07 Å². The van der Waals surface area contributed by atoms with Crippen LogP contribution in [-0.4, -0.2) is 34.3 Å². The third kappa shape index (κ3) is 3.42. The number of rotatable bonds is 5. The Balaban J connectivity index is 1.34. The fourth-order valence-corrected chi connectivity index (χ4v) is 4.40. The van der Waals surface area contributed by atoms with Crippen molar-refractivity contribution in [1.29, 1.82) is 0 Å². The van der Waals surface area contributed by atoms with Crippen molar-refractivity contribution in [2.75, 3.05) is 5.73 Å². The Morgan fingerprint density at radius 1 is 1.03 bits per heavy atom. The van der Waals surface area contributed by atoms with Gasteiger partial charge < -0.3 is 20.5 Å². The molecule has 9 nitrogen and oxygen atoms in total. The molecule has 0 spiro atoms. The number of hydrogen-bond acceptors (Lipinski definition) is 6. The molecular weight excluding hydrogens is 418 g/mol. The molecule has 1 aliphatic rings. The highest BCUT2D eigenvalue weighted by Gasteiger charge is 2.29. The second kappa shape index (κ2) is 7.19. The second-order valence-corrected chi connectivity index (χ2v) is 8.70. The molecule has 4 aromatic heterocycles. The first-order valence-corrected chi connectivity index (χ1v) is 11.0. The maximum absolute atomic E-state index is 10.2. The van der Waals surface area contributed by atoms with Crippen LogP contribution in [0.5, 0.6) is 11.8 Å². The average Bonchev–Trinajstić information content (AvgIpc) is 3.50. The summed E-state index contributed by atoms with van der Waals surface area (Å²) in [5.74, 6) is 0.510. The number of imidazole rings is 2. The van der Waals surface area contributed by atoms with E-state index in [0.29, 0.717) is 30.8 Å². The largest absolute Gasteiger partial charge is 0.506 e. The Morgan fingerprint density at radius 3 is 2.70 bits per heavy atom. The van der Waals surface area contributed by atoms with E-state index in [0.717, 1.165) is 46.2 Å². The van der Waals surface area contributed by atoms with Crippen LogP contribution in [0.25, 0.3) is 22.1 Å². The Labute approximate surface area is 189 Å². The molecule has 0 atom stereocenters. The lowest BCUT2D eigenvalue weighted by molar-refractivity contribution is -0.687. The summed E-state index contributed by atoms with van der Waals surface area (Å²) in [5.41, 5.74) is 12.1. The molecule has 1 aromatic carbocycles. The Hall–Kier alpha value is -4.14. The maximum Gasteiger partial charge on any atom is 0.295 e. The molecule has 0 bridgehead atoms. The van der Waals surface area contributed by atoms with Gasteiger partial charge in [0.25, 0.3) is 6.01 Å². The second-order valence-electron chi connectivity index (χ2n) is 8.70. The zero-order chi connectivity index (χ0) is 22.7. The van der Waals surface area contributed by atoms with Gasteiger partial charge in [-0.15, -0.1) is 0 Å². The molecule has 0 aliphatic heterocycles. The minimum atomic E-state index is 0.0825. The summed E-state index contributed by atoms with van der Waals surface area (Å²) in [4.78, 5) is 13.3. The van der Waals surface area contributed by atoms with Crippen LogP contribution >= 0.6 is 0 Å². The van der Waals surface area contributed by atoms with Crippen molar-refractivity contribution in [3.05, 3.63) is 65.7 Å². The molecule has 1 aliphatic carbocycles. The third-order valence-corrected chi connectivity index (χ3v) is 6.19. The standard InChI is InChI=1S/C24H23N7O2/c1-14-2-7-22(32)19(26-14)13-30-21-10-15(3-6-17(21)27-23(30)25)11-29-9-8-20-18(12-29)28-24(33)31(20)16-4-5-16/h2-3,6-10,12,16H,4-5,11,13H2,1H3,(H3-,25,27,28,32,33)/p+1. The number of nitrogen functional groups attached to an aromatic ring is 1. The molecule has 4 heterocycles. The summed E-state index contributed by atoms with van der Waals surface area (Å²) in [6.07, 6.45) is 6.13. The van der Waals surface area contributed by atoms with Crippen molar-refractivity contribution in [2.24, 2.45) is 0 Å². The summed E-state index contributed by atoms with van der Waals surface area (Å²) < 4.78 is 5.83. The Kier molecular flexibility index (Phi) is 4.26. The van der Waals surface area contributed by atoms with E-state index in [4.69, 9.17) is 5.73 Å². The number of fused-ring (bicyclic) bond motifs is 2. The molecule has 0 amide bonds. The van der Waals surface area contributed by atoms with E-state index in [-0.39, 0.29) is 11.8 Å². The molecular formula is C24H24N7O2+. The quantitative estimate of drug-likeness (QED) is 0.360. The number of benzene rings is 1. The summed E-state index contributed by atoms with van der Waals surface area (Å²) in [5, 5.41) is 20.5. The van der Waals surface area contributed by atoms with Crippen molar-refractivity contribution in [2.45, 2.75) is 38.9 Å². The highest BCUT2D eigenvalue weighted by Crippen LogP contribution is 2.40. The summed E-state index contributed by atoms with van der Waals surface area (Å²) in [6, 6.07) is 11.9. The molecule has 9 heteroatoms. The van der Waals surface area contributed by atoms with Gasteiger partial charge in [-0.3, -0.25) is 9.55 Å².